The molecule has 1 aromatic carbocycles. The molecule has 2 amide bonds. The van der Waals surface area contributed by atoms with Gasteiger partial charge >= 0.3 is 6.09 Å². The van der Waals surface area contributed by atoms with Gasteiger partial charge in [0.1, 0.15) is 11.4 Å². The highest BCUT2D eigenvalue weighted by Gasteiger charge is 2.44. The molecular weight excluding hydrogens is 403 g/mol. The zero-order valence-corrected chi connectivity index (χ0v) is 17.3. The van der Waals surface area contributed by atoms with Crippen LogP contribution in [0, 0.1) is 29.0 Å². The Balaban J connectivity index is 1.97. The highest BCUT2D eigenvalue weighted by molar-refractivity contribution is 5.98. The van der Waals surface area contributed by atoms with Gasteiger partial charge in [0.05, 0.1) is 24.1 Å². The molecule has 0 radical (unpaired) electrons. The molecule has 2 aromatic rings. The number of likely N-dealkylation sites (tertiary alicyclic amines) is 1. The van der Waals surface area contributed by atoms with E-state index in [0.29, 0.717) is 18.5 Å². The van der Waals surface area contributed by atoms with E-state index in [-0.39, 0.29) is 23.8 Å². The number of hydrogen-bond acceptors (Lipinski definition) is 5. The summed E-state index contributed by atoms with van der Waals surface area (Å²) in [5.41, 5.74) is 6.16. The number of carboxylic acid groups (broad SMARTS) is 1. The van der Waals surface area contributed by atoms with Gasteiger partial charge in [0.2, 0.25) is 0 Å². The van der Waals surface area contributed by atoms with Crippen LogP contribution < -0.4 is 11.1 Å². The standard InChI is InChI=1S/C21H25FN6O3/c1-3-12(2)18-15(10-23)17(8-9-27(18)21(30)31)28-11-16(19(24)29)20(26-28)25-14-6-4-13(22)5-7-14/h4-7,11-12,15,17-18H,3,8-9H2,1-2H3,(H2,24,29)(H,25,26)(H,30,31). The Morgan fingerprint density at radius 3 is 2.65 bits per heavy atom. The Labute approximate surface area is 179 Å². The number of carbonyl (C=O) groups is 2. The third kappa shape index (κ3) is 4.45. The maximum Gasteiger partial charge on any atom is 0.407 e. The number of hydrogen-bond donors (Lipinski definition) is 3. The second kappa shape index (κ2) is 9.04. The van der Waals surface area contributed by atoms with Crippen molar-refractivity contribution in [2.45, 2.75) is 38.8 Å². The van der Waals surface area contributed by atoms with E-state index in [1.165, 1.54) is 40.0 Å². The number of nitriles is 1. The van der Waals surface area contributed by atoms with Crippen molar-refractivity contribution in [1.29, 1.82) is 5.26 Å². The third-order valence-electron chi connectivity index (χ3n) is 5.87. The first kappa shape index (κ1) is 22.1. The minimum absolute atomic E-state index is 0.0356. The van der Waals surface area contributed by atoms with E-state index >= 15 is 0 Å². The largest absolute Gasteiger partial charge is 0.465 e. The lowest BCUT2D eigenvalue weighted by molar-refractivity contribution is 0.0418. The second-order valence-corrected chi connectivity index (χ2v) is 7.73. The SMILES string of the molecule is CCC(C)C1C(C#N)C(n2cc(C(N)=O)c(Nc3ccc(F)cc3)n2)CCN1C(=O)O. The summed E-state index contributed by atoms with van der Waals surface area (Å²) in [6.45, 7) is 4.12. The highest BCUT2D eigenvalue weighted by atomic mass is 19.1. The van der Waals surface area contributed by atoms with Gasteiger partial charge < -0.3 is 21.1 Å². The van der Waals surface area contributed by atoms with Crippen LogP contribution in [0.5, 0.6) is 0 Å². The molecule has 164 valence electrons. The zero-order valence-electron chi connectivity index (χ0n) is 17.3. The Hall–Kier alpha value is -3.61. The van der Waals surface area contributed by atoms with Gasteiger partial charge in [-0.05, 0) is 36.6 Å². The molecule has 0 aliphatic carbocycles. The normalized spacial score (nSPS) is 21.9. The quantitative estimate of drug-likeness (QED) is 0.645. The van der Waals surface area contributed by atoms with Crippen LogP contribution in [-0.2, 0) is 0 Å². The molecule has 0 bridgehead atoms. The number of aromatic nitrogens is 2. The molecule has 0 spiro atoms. The number of benzene rings is 1. The summed E-state index contributed by atoms with van der Waals surface area (Å²) in [7, 11) is 0. The van der Waals surface area contributed by atoms with Gasteiger partial charge in [0.15, 0.2) is 5.82 Å². The van der Waals surface area contributed by atoms with Crippen LogP contribution in [0.4, 0.5) is 20.7 Å². The summed E-state index contributed by atoms with van der Waals surface area (Å²) in [4.78, 5) is 25.1. The number of amides is 2. The molecule has 1 saturated heterocycles. The van der Waals surface area contributed by atoms with Crippen LogP contribution in [0.2, 0.25) is 0 Å². The molecule has 4 unspecified atom stereocenters. The predicted octanol–water partition coefficient (Wildman–Crippen LogP) is 3.34. The van der Waals surface area contributed by atoms with Crippen LogP contribution in [0.1, 0.15) is 43.1 Å². The lowest BCUT2D eigenvalue weighted by Crippen LogP contribution is -2.54. The van der Waals surface area contributed by atoms with Crippen molar-refractivity contribution in [2.24, 2.45) is 17.6 Å². The summed E-state index contributed by atoms with van der Waals surface area (Å²) >= 11 is 0. The van der Waals surface area contributed by atoms with Gasteiger partial charge in [-0.25, -0.2) is 9.18 Å². The van der Waals surface area contributed by atoms with Crippen molar-refractivity contribution in [3.63, 3.8) is 0 Å². The fraction of sp³-hybridized carbons (Fsp3) is 0.429. The lowest BCUT2D eigenvalue weighted by Gasteiger charge is -2.44. The maximum atomic E-state index is 13.2. The first-order chi connectivity index (χ1) is 14.8. The van der Waals surface area contributed by atoms with Crippen molar-refractivity contribution in [3.8, 4) is 6.07 Å². The number of halogens is 1. The Kier molecular flexibility index (Phi) is 6.44. The van der Waals surface area contributed by atoms with Crippen molar-refractivity contribution in [2.75, 3.05) is 11.9 Å². The molecule has 4 atom stereocenters. The maximum absolute atomic E-state index is 13.2. The molecule has 3 rings (SSSR count). The van der Waals surface area contributed by atoms with Crippen LogP contribution in [-0.4, -0.2) is 44.4 Å². The van der Waals surface area contributed by atoms with Gasteiger partial charge in [0, 0.05) is 18.4 Å². The third-order valence-corrected chi connectivity index (χ3v) is 5.87. The lowest BCUT2D eigenvalue weighted by atomic mass is 9.79. The minimum Gasteiger partial charge on any atom is -0.465 e. The average molecular weight is 428 g/mol. The first-order valence-corrected chi connectivity index (χ1v) is 10.1. The Morgan fingerprint density at radius 1 is 1.42 bits per heavy atom. The number of rotatable bonds is 6. The zero-order chi connectivity index (χ0) is 22.7. The Bertz CT molecular complexity index is 1000. The molecular formula is C21H25FN6O3. The van der Waals surface area contributed by atoms with Crippen molar-refractivity contribution < 1.29 is 19.1 Å². The molecule has 9 nitrogen and oxygen atoms in total. The first-order valence-electron chi connectivity index (χ1n) is 10.1. The van der Waals surface area contributed by atoms with Gasteiger partial charge in [0.25, 0.3) is 5.91 Å². The van der Waals surface area contributed by atoms with E-state index in [4.69, 9.17) is 5.73 Å². The van der Waals surface area contributed by atoms with Crippen molar-refractivity contribution >= 4 is 23.5 Å². The number of carbonyl (C=O) groups excluding carboxylic acids is 1. The van der Waals surface area contributed by atoms with Crippen molar-refractivity contribution in [1.82, 2.24) is 14.7 Å². The number of nitrogens with zero attached hydrogens (tertiary/aromatic N) is 4. The smallest absolute Gasteiger partial charge is 0.407 e. The molecule has 1 aliphatic rings. The fourth-order valence-corrected chi connectivity index (χ4v) is 4.11. The fourth-order valence-electron chi connectivity index (χ4n) is 4.11. The Morgan fingerprint density at radius 2 is 2.10 bits per heavy atom. The predicted molar refractivity (Wildman–Crippen MR) is 111 cm³/mol. The summed E-state index contributed by atoms with van der Waals surface area (Å²) in [6.07, 6.45) is 1.50. The van der Waals surface area contributed by atoms with Crippen molar-refractivity contribution in [3.05, 3.63) is 41.8 Å². The van der Waals surface area contributed by atoms with Gasteiger partial charge in [-0.2, -0.15) is 10.4 Å². The van der Waals surface area contributed by atoms with Crippen LogP contribution in [0.25, 0.3) is 0 Å². The molecule has 4 N–H and O–H groups in total. The topological polar surface area (TPSA) is 137 Å². The molecule has 1 fully saturated rings. The summed E-state index contributed by atoms with van der Waals surface area (Å²) in [6, 6.07) is 6.89. The number of anilines is 2. The summed E-state index contributed by atoms with van der Waals surface area (Å²) < 4.78 is 14.7. The van der Waals surface area contributed by atoms with E-state index in [1.54, 1.807) is 0 Å². The number of nitrogens with one attached hydrogen (secondary N) is 1. The summed E-state index contributed by atoms with van der Waals surface area (Å²) in [5, 5.41) is 27.0. The van der Waals surface area contributed by atoms with Gasteiger partial charge in [-0.15, -0.1) is 0 Å². The molecule has 31 heavy (non-hydrogen) atoms. The second-order valence-electron chi connectivity index (χ2n) is 7.73. The summed E-state index contributed by atoms with van der Waals surface area (Å²) in [5.74, 6) is -1.60. The molecule has 10 heteroatoms. The van der Waals surface area contributed by atoms with Gasteiger partial charge in [-0.3, -0.25) is 9.48 Å². The minimum atomic E-state index is -1.05. The molecule has 2 heterocycles. The van der Waals surface area contributed by atoms with E-state index in [2.05, 4.69) is 16.5 Å². The molecule has 1 aromatic heterocycles. The molecule has 0 saturated carbocycles. The van der Waals surface area contributed by atoms with Crippen LogP contribution in [0.3, 0.4) is 0 Å². The van der Waals surface area contributed by atoms with Crippen LogP contribution in [0.15, 0.2) is 30.5 Å². The monoisotopic (exact) mass is 428 g/mol. The number of primary amides is 1. The van der Waals surface area contributed by atoms with Crippen LogP contribution >= 0.6 is 0 Å². The van der Waals surface area contributed by atoms with E-state index in [9.17, 15) is 24.3 Å². The molecule has 1 aliphatic heterocycles. The highest BCUT2D eigenvalue weighted by Crippen LogP contribution is 2.37. The van der Waals surface area contributed by atoms with Gasteiger partial charge in [-0.1, -0.05) is 20.3 Å². The average Bonchev–Trinajstić information content (AvgIpc) is 3.17. The van der Waals surface area contributed by atoms with E-state index in [0.717, 1.165) is 0 Å². The van der Waals surface area contributed by atoms with E-state index < -0.39 is 35.8 Å². The number of nitrogens with two attached hydrogens (primary N) is 1. The number of piperidine rings is 1. The van der Waals surface area contributed by atoms with E-state index in [1.807, 2.05) is 13.8 Å².